The molecule has 2 saturated heterocycles. The monoisotopic (exact) mass is 571 g/mol. The first-order valence-electron chi connectivity index (χ1n) is 14.4. The normalized spacial score (nSPS) is 26.3. The van der Waals surface area contributed by atoms with Crippen LogP contribution in [0.15, 0.2) is 54.7 Å². The van der Waals surface area contributed by atoms with Gasteiger partial charge in [0.2, 0.25) is 17.7 Å². The minimum Gasteiger partial charge on any atom is -0.325 e. The summed E-state index contributed by atoms with van der Waals surface area (Å²) in [4.78, 5) is 48.1. The van der Waals surface area contributed by atoms with Gasteiger partial charge in [-0.25, -0.2) is 13.8 Å². The maximum absolute atomic E-state index is 14.1. The lowest BCUT2D eigenvalue weighted by Crippen LogP contribution is -2.60. The number of benzene rings is 2. The third-order valence-corrected chi connectivity index (χ3v) is 9.53. The molecule has 0 radical (unpaired) electrons. The number of rotatable bonds is 4. The van der Waals surface area contributed by atoms with Gasteiger partial charge < -0.3 is 15.5 Å². The van der Waals surface area contributed by atoms with Crippen molar-refractivity contribution in [3.8, 4) is 0 Å². The molecule has 8 nitrogen and oxygen atoms in total. The Morgan fingerprint density at radius 2 is 1.83 bits per heavy atom. The number of likely N-dealkylation sites (N-methyl/N-ethyl adjacent to an activating group) is 1. The number of carbonyl (C=O) groups is 3. The highest BCUT2D eigenvalue weighted by Crippen LogP contribution is 2.49. The van der Waals surface area contributed by atoms with Gasteiger partial charge in [-0.1, -0.05) is 12.1 Å². The largest absolute Gasteiger partial charge is 0.325 e. The fraction of sp³-hybridized carbons (Fsp3) is 0.375. The number of nitrogens with zero attached hydrogens (tertiary/aromatic N) is 3. The predicted molar refractivity (Wildman–Crippen MR) is 152 cm³/mol. The molecule has 4 aliphatic rings. The molecule has 2 aromatic carbocycles. The topological polar surface area (TPSA) is 94.6 Å². The highest BCUT2D eigenvalue weighted by Gasteiger charge is 2.53. The van der Waals surface area contributed by atoms with E-state index in [4.69, 9.17) is 0 Å². The van der Waals surface area contributed by atoms with Crippen molar-refractivity contribution in [2.75, 3.05) is 30.4 Å². The summed E-state index contributed by atoms with van der Waals surface area (Å²) in [6.07, 6.45) is 5.26. The van der Waals surface area contributed by atoms with Crippen LogP contribution in [0.5, 0.6) is 0 Å². The van der Waals surface area contributed by atoms with Gasteiger partial charge in [0.15, 0.2) is 0 Å². The quantitative estimate of drug-likeness (QED) is 0.497. The molecule has 0 bridgehead atoms. The molecule has 216 valence electrons. The molecule has 2 N–H and O–H groups in total. The molecule has 1 aromatic heterocycles. The van der Waals surface area contributed by atoms with Gasteiger partial charge in [-0.2, -0.15) is 0 Å². The van der Waals surface area contributed by atoms with Gasteiger partial charge in [0.1, 0.15) is 24.0 Å². The fourth-order valence-electron chi connectivity index (χ4n) is 7.58. The van der Waals surface area contributed by atoms with Crippen molar-refractivity contribution in [1.82, 2.24) is 15.2 Å². The molecular formula is C32H31F2N5O3. The third kappa shape index (κ3) is 4.11. The molecule has 3 aromatic rings. The molecule has 2 spiro atoms. The van der Waals surface area contributed by atoms with Gasteiger partial charge in [-0.15, -0.1) is 0 Å². The van der Waals surface area contributed by atoms with Crippen molar-refractivity contribution in [2.24, 2.45) is 0 Å². The van der Waals surface area contributed by atoms with Crippen LogP contribution in [0, 0.1) is 11.6 Å². The van der Waals surface area contributed by atoms with Crippen LogP contribution in [0.25, 0.3) is 0 Å². The summed E-state index contributed by atoms with van der Waals surface area (Å²) in [7, 11) is 1.75. The standard InChI is InChI=1S/C32H31F2N5O3/c1-38-28-25(4-2-10-35-28)31(29(38)41)16-19-5-6-24(14-21(19)17-31)37-27(40)18-39-26(20-12-22(33)15-23(34)13-20)7-9-32(30(39)42)8-3-11-36-32/h2,4-6,10,12-15,26,36H,3,7-9,11,16-18H2,1H3,(H,37,40)/t26-,31+,32+/m0/s1. The number of aromatic nitrogens is 1. The number of nitrogens with one attached hydrogen (secondary N) is 2. The Morgan fingerprint density at radius 3 is 2.60 bits per heavy atom. The van der Waals surface area contributed by atoms with E-state index in [2.05, 4.69) is 15.6 Å². The molecule has 7 rings (SSSR count). The van der Waals surface area contributed by atoms with E-state index in [0.717, 1.165) is 29.2 Å². The van der Waals surface area contributed by atoms with E-state index in [0.29, 0.717) is 55.7 Å². The first-order valence-corrected chi connectivity index (χ1v) is 14.4. The van der Waals surface area contributed by atoms with Gasteiger partial charge >= 0.3 is 0 Å². The molecule has 3 aliphatic heterocycles. The lowest BCUT2D eigenvalue weighted by molar-refractivity contribution is -0.147. The van der Waals surface area contributed by atoms with Crippen molar-refractivity contribution >= 4 is 29.2 Å². The lowest BCUT2D eigenvalue weighted by atomic mass is 9.79. The van der Waals surface area contributed by atoms with Crippen molar-refractivity contribution in [2.45, 2.75) is 55.5 Å². The number of piperidine rings is 1. The Hall–Kier alpha value is -4.18. The summed E-state index contributed by atoms with van der Waals surface area (Å²) in [5, 5.41) is 6.25. The number of amides is 3. The van der Waals surface area contributed by atoms with Crippen molar-refractivity contribution in [3.05, 3.63) is 88.6 Å². The van der Waals surface area contributed by atoms with Crippen LogP contribution in [0.3, 0.4) is 0 Å². The second kappa shape index (κ2) is 9.69. The maximum Gasteiger partial charge on any atom is 0.244 e. The number of hydrogen-bond donors (Lipinski definition) is 2. The number of carbonyl (C=O) groups excluding carboxylic acids is 3. The van der Waals surface area contributed by atoms with Crippen LogP contribution < -0.4 is 15.5 Å². The summed E-state index contributed by atoms with van der Waals surface area (Å²) < 4.78 is 28.3. The van der Waals surface area contributed by atoms with Crippen molar-refractivity contribution < 1.29 is 23.2 Å². The van der Waals surface area contributed by atoms with Crippen LogP contribution in [-0.2, 0) is 32.6 Å². The molecule has 0 unspecified atom stereocenters. The van der Waals surface area contributed by atoms with Crippen LogP contribution in [0.4, 0.5) is 20.3 Å². The van der Waals surface area contributed by atoms with Crippen LogP contribution in [0.1, 0.15) is 54.0 Å². The van der Waals surface area contributed by atoms with Crippen LogP contribution in [-0.4, -0.2) is 53.3 Å². The van der Waals surface area contributed by atoms with Gasteiger partial charge in [0.25, 0.3) is 0 Å². The third-order valence-electron chi connectivity index (χ3n) is 9.53. The second-order valence-corrected chi connectivity index (χ2v) is 12.0. The minimum absolute atomic E-state index is 0.0101. The smallest absolute Gasteiger partial charge is 0.244 e. The molecule has 0 saturated carbocycles. The Balaban J connectivity index is 1.12. The predicted octanol–water partition coefficient (Wildman–Crippen LogP) is 3.80. The maximum atomic E-state index is 14.1. The van der Waals surface area contributed by atoms with Crippen LogP contribution in [0.2, 0.25) is 0 Å². The molecule has 3 amide bonds. The van der Waals surface area contributed by atoms with Gasteiger partial charge in [-0.05, 0) is 92.1 Å². The number of halogens is 2. The van der Waals surface area contributed by atoms with E-state index in [-0.39, 0.29) is 18.4 Å². The second-order valence-electron chi connectivity index (χ2n) is 12.0. The lowest BCUT2D eigenvalue weighted by Gasteiger charge is -2.44. The average Bonchev–Trinajstić information content (AvgIpc) is 3.64. The summed E-state index contributed by atoms with van der Waals surface area (Å²) in [5.41, 5.74) is 2.37. The molecule has 2 fully saturated rings. The van der Waals surface area contributed by atoms with E-state index < -0.39 is 34.5 Å². The van der Waals surface area contributed by atoms with Gasteiger partial charge in [-0.3, -0.25) is 19.3 Å². The van der Waals surface area contributed by atoms with E-state index in [9.17, 15) is 23.2 Å². The molecule has 3 atom stereocenters. The summed E-state index contributed by atoms with van der Waals surface area (Å²) in [6, 6.07) is 12.1. The van der Waals surface area contributed by atoms with E-state index in [1.165, 1.54) is 17.0 Å². The number of hydrogen-bond acceptors (Lipinski definition) is 5. The number of likely N-dealkylation sites (tertiary alicyclic amines) is 1. The SMILES string of the molecule is CN1C(=O)[C@@]2(Cc3ccc(NC(=O)CN4C(=O)[C@@]5(CCCN5)CC[C@H]4c4cc(F)cc(F)c4)cc3C2)c2cccnc21. The Morgan fingerprint density at radius 1 is 1.05 bits per heavy atom. The highest BCUT2D eigenvalue weighted by molar-refractivity contribution is 6.08. The number of fused-ring (bicyclic) bond motifs is 3. The Bertz CT molecular complexity index is 1620. The number of anilines is 2. The van der Waals surface area contributed by atoms with Crippen LogP contribution >= 0.6 is 0 Å². The highest BCUT2D eigenvalue weighted by atomic mass is 19.1. The first kappa shape index (κ1) is 26.7. The van der Waals surface area contributed by atoms with E-state index in [1.54, 1.807) is 24.2 Å². The molecule has 1 aliphatic carbocycles. The molecular weight excluding hydrogens is 540 g/mol. The van der Waals surface area contributed by atoms with Gasteiger partial charge in [0, 0.05) is 30.6 Å². The van der Waals surface area contributed by atoms with Gasteiger partial charge in [0.05, 0.1) is 17.0 Å². The summed E-state index contributed by atoms with van der Waals surface area (Å²) in [6.45, 7) is 0.453. The molecule has 10 heteroatoms. The molecule has 4 heterocycles. The summed E-state index contributed by atoms with van der Waals surface area (Å²) in [5.74, 6) is -1.37. The van der Waals surface area contributed by atoms with Crippen molar-refractivity contribution in [3.63, 3.8) is 0 Å². The Labute approximate surface area is 242 Å². The Kier molecular flexibility index (Phi) is 6.16. The zero-order valence-corrected chi connectivity index (χ0v) is 23.3. The first-order chi connectivity index (χ1) is 20.2. The number of pyridine rings is 1. The average molecular weight is 572 g/mol. The summed E-state index contributed by atoms with van der Waals surface area (Å²) >= 11 is 0. The molecule has 42 heavy (non-hydrogen) atoms. The minimum atomic E-state index is -0.753. The zero-order chi connectivity index (χ0) is 29.2. The van der Waals surface area contributed by atoms with Crippen molar-refractivity contribution in [1.29, 1.82) is 0 Å². The zero-order valence-electron chi connectivity index (χ0n) is 23.3. The fourth-order valence-corrected chi connectivity index (χ4v) is 7.58. The van der Waals surface area contributed by atoms with E-state index >= 15 is 0 Å². The van der Waals surface area contributed by atoms with E-state index in [1.807, 2.05) is 24.3 Å².